The largest absolute Gasteiger partial charge is 0.377 e. The zero-order valence-corrected chi connectivity index (χ0v) is 12.1. The second-order valence-electron chi connectivity index (χ2n) is 4.94. The van der Waals surface area contributed by atoms with Crippen LogP contribution in [0.2, 0.25) is 0 Å². The molecule has 0 bridgehead atoms. The second kappa shape index (κ2) is 7.51. The van der Waals surface area contributed by atoms with Crippen LogP contribution < -0.4 is 11.6 Å². The van der Waals surface area contributed by atoms with E-state index < -0.39 is 0 Å². The molecule has 0 spiro atoms. The maximum Gasteiger partial charge on any atom is 0.233 e. The van der Waals surface area contributed by atoms with Gasteiger partial charge >= 0.3 is 0 Å². The standard InChI is InChI=1S/C12H24N4OS/c1-9(2)16(10-6-4-3-5-7-10)11(17)8-18-12(13)15-14/h9-10H,3-8,14H2,1-2H3,(H2,13,15). The first kappa shape index (κ1) is 15.1. The number of rotatable bonds is 4. The van der Waals surface area contributed by atoms with E-state index >= 15 is 0 Å². The monoisotopic (exact) mass is 272 g/mol. The molecule has 104 valence electrons. The third-order valence-electron chi connectivity index (χ3n) is 3.28. The van der Waals surface area contributed by atoms with Crippen molar-refractivity contribution in [1.29, 1.82) is 0 Å². The van der Waals surface area contributed by atoms with Gasteiger partial charge in [-0.25, -0.2) is 0 Å². The molecule has 1 aliphatic carbocycles. The number of nitrogens with two attached hydrogens (primary N) is 2. The maximum atomic E-state index is 12.3. The van der Waals surface area contributed by atoms with Crippen LogP contribution in [0.25, 0.3) is 0 Å². The molecule has 1 fully saturated rings. The van der Waals surface area contributed by atoms with Gasteiger partial charge in [0.15, 0.2) is 5.17 Å². The molecule has 1 aliphatic rings. The number of hydrogen-bond donors (Lipinski definition) is 2. The molecule has 0 saturated heterocycles. The Balaban J connectivity index is 2.57. The molecular weight excluding hydrogens is 248 g/mol. The van der Waals surface area contributed by atoms with E-state index in [0.29, 0.717) is 11.8 Å². The van der Waals surface area contributed by atoms with Crippen molar-refractivity contribution >= 4 is 22.8 Å². The second-order valence-corrected chi connectivity index (χ2v) is 5.94. The van der Waals surface area contributed by atoms with Crippen LogP contribution in [0.3, 0.4) is 0 Å². The van der Waals surface area contributed by atoms with Gasteiger partial charge in [0.05, 0.1) is 5.75 Å². The number of nitrogens with zero attached hydrogens (tertiary/aromatic N) is 2. The van der Waals surface area contributed by atoms with Crippen molar-refractivity contribution in [2.75, 3.05) is 5.75 Å². The lowest BCUT2D eigenvalue weighted by atomic mass is 9.93. The molecule has 0 unspecified atom stereocenters. The number of hydrogen-bond acceptors (Lipinski definition) is 4. The van der Waals surface area contributed by atoms with Gasteiger partial charge in [-0.3, -0.25) is 4.79 Å². The highest BCUT2D eigenvalue weighted by Crippen LogP contribution is 2.24. The maximum absolute atomic E-state index is 12.3. The summed E-state index contributed by atoms with van der Waals surface area (Å²) < 4.78 is 0. The van der Waals surface area contributed by atoms with E-state index in [2.05, 4.69) is 18.9 Å². The number of thioether (sulfide) groups is 1. The lowest BCUT2D eigenvalue weighted by Crippen LogP contribution is -2.46. The minimum absolute atomic E-state index is 0.133. The Hall–Kier alpha value is -0.910. The first-order chi connectivity index (χ1) is 8.56. The minimum atomic E-state index is 0.133. The number of hydrazone groups is 1. The van der Waals surface area contributed by atoms with Crippen molar-refractivity contribution in [3.63, 3.8) is 0 Å². The minimum Gasteiger partial charge on any atom is -0.377 e. The quantitative estimate of drug-likeness (QED) is 0.351. The first-order valence-electron chi connectivity index (χ1n) is 6.53. The molecular formula is C12H24N4OS. The number of amides is 1. The first-order valence-corrected chi connectivity index (χ1v) is 7.52. The van der Waals surface area contributed by atoms with Gasteiger partial charge < -0.3 is 16.5 Å². The van der Waals surface area contributed by atoms with Gasteiger partial charge in [-0.15, -0.1) is 0 Å². The van der Waals surface area contributed by atoms with E-state index in [9.17, 15) is 4.79 Å². The van der Waals surface area contributed by atoms with Crippen LogP contribution in [0.15, 0.2) is 5.10 Å². The van der Waals surface area contributed by atoms with Crippen molar-refractivity contribution in [2.24, 2.45) is 16.7 Å². The average molecular weight is 272 g/mol. The van der Waals surface area contributed by atoms with Crippen molar-refractivity contribution < 1.29 is 4.79 Å². The van der Waals surface area contributed by atoms with Crippen molar-refractivity contribution in [3.8, 4) is 0 Å². The molecule has 1 saturated carbocycles. The Morgan fingerprint density at radius 1 is 1.39 bits per heavy atom. The lowest BCUT2D eigenvalue weighted by molar-refractivity contribution is -0.133. The topological polar surface area (TPSA) is 84.7 Å². The summed E-state index contributed by atoms with van der Waals surface area (Å²) in [6, 6.07) is 0.625. The van der Waals surface area contributed by atoms with E-state index in [1.54, 1.807) is 0 Å². The van der Waals surface area contributed by atoms with Crippen LogP contribution in [0.5, 0.6) is 0 Å². The van der Waals surface area contributed by atoms with E-state index in [-0.39, 0.29) is 17.1 Å². The zero-order chi connectivity index (χ0) is 13.5. The highest BCUT2D eigenvalue weighted by molar-refractivity contribution is 8.14. The Morgan fingerprint density at radius 2 is 2.00 bits per heavy atom. The summed E-state index contributed by atoms with van der Waals surface area (Å²) in [6.45, 7) is 4.13. The van der Waals surface area contributed by atoms with Crippen molar-refractivity contribution in [2.45, 2.75) is 58.0 Å². The molecule has 1 amide bonds. The third-order valence-corrected chi connectivity index (χ3v) is 4.08. The summed E-state index contributed by atoms with van der Waals surface area (Å²) in [5.74, 6) is 5.51. The molecule has 1 rings (SSSR count). The molecule has 6 heteroatoms. The summed E-state index contributed by atoms with van der Waals surface area (Å²) >= 11 is 1.21. The van der Waals surface area contributed by atoms with E-state index in [0.717, 1.165) is 12.8 Å². The van der Waals surface area contributed by atoms with Crippen LogP contribution in [-0.2, 0) is 4.79 Å². The van der Waals surface area contributed by atoms with Crippen LogP contribution in [0.1, 0.15) is 46.0 Å². The Bertz CT molecular complexity index is 300. The normalized spacial score (nSPS) is 18.1. The van der Waals surface area contributed by atoms with Crippen molar-refractivity contribution in [1.82, 2.24) is 4.90 Å². The molecule has 0 radical (unpaired) electrons. The molecule has 0 aromatic heterocycles. The molecule has 4 N–H and O–H groups in total. The van der Waals surface area contributed by atoms with E-state index in [1.807, 2.05) is 4.90 Å². The summed E-state index contributed by atoms with van der Waals surface area (Å²) in [4.78, 5) is 14.3. The molecule has 0 atom stereocenters. The fourth-order valence-electron chi connectivity index (χ4n) is 2.52. The number of carbonyl (C=O) groups excluding carboxylic acids is 1. The van der Waals surface area contributed by atoms with Crippen molar-refractivity contribution in [3.05, 3.63) is 0 Å². The lowest BCUT2D eigenvalue weighted by Gasteiger charge is -2.37. The average Bonchev–Trinajstić information content (AvgIpc) is 2.37. The fraction of sp³-hybridized carbons (Fsp3) is 0.833. The highest BCUT2D eigenvalue weighted by Gasteiger charge is 2.27. The molecule has 0 aromatic carbocycles. The summed E-state index contributed by atoms with van der Waals surface area (Å²) in [6.07, 6.45) is 5.98. The molecule has 0 aromatic rings. The van der Waals surface area contributed by atoms with Gasteiger partial charge in [-0.2, -0.15) is 5.10 Å². The Labute approximate surface area is 113 Å². The zero-order valence-electron chi connectivity index (χ0n) is 11.3. The van der Waals surface area contributed by atoms with Gasteiger partial charge in [0.2, 0.25) is 5.91 Å². The predicted molar refractivity (Wildman–Crippen MR) is 77.1 cm³/mol. The molecule has 18 heavy (non-hydrogen) atoms. The highest BCUT2D eigenvalue weighted by atomic mass is 32.2. The molecule has 0 aliphatic heterocycles. The smallest absolute Gasteiger partial charge is 0.233 e. The summed E-state index contributed by atoms with van der Waals surface area (Å²) in [5.41, 5.74) is 5.49. The van der Waals surface area contributed by atoms with Gasteiger partial charge in [-0.05, 0) is 26.7 Å². The van der Waals surface area contributed by atoms with Gasteiger partial charge in [0.1, 0.15) is 0 Å². The SMILES string of the molecule is CC(C)N(C(=O)CSC(N)=NN)C1CCCCC1. The number of amidine groups is 1. The van der Waals surface area contributed by atoms with Gasteiger partial charge in [-0.1, -0.05) is 31.0 Å². The molecule has 5 nitrogen and oxygen atoms in total. The van der Waals surface area contributed by atoms with Crippen LogP contribution in [0, 0.1) is 0 Å². The third kappa shape index (κ3) is 4.40. The predicted octanol–water partition coefficient (Wildman–Crippen LogP) is 1.48. The summed E-state index contributed by atoms with van der Waals surface area (Å²) in [7, 11) is 0. The van der Waals surface area contributed by atoms with Gasteiger partial charge in [0, 0.05) is 12.1 Å². The van der Waals surface area contributed by atoms with Gasteiger partial charge in [0.25, 0.3) is 0 Å². The summed E-state index contributed by atoms with van der Waals surface area (Å²) in [5, 5.41) is 3.62. The van der Waals surface area contributed by atoms with E-state index in [1.165, 1.54) is 31.0 Å². The van der Waals surface area contributed by atoms with Crippen LogP contribution >= 0.6 is 11.8 Å². The van der Waals surface area contributed by atoms with Crippen LogP contribution in [0.4, 0.5) is 0 Å². The fourth-order valence-corrected chi connectivity index (χ4v) is 3.01. The van der Waals surface area contributed by atoms with E-state index in [4.69, 9.17) is 11.6 Å². The van der Waals surface area contributed by atoms with Crippen LogP contribution in [-0.4, -0.2) is 33.8 Å². The Kier molecular flexibility index (Phi) is 6.32. The Morgan fingerprint density at radius 3 is 2.50 bits per heavy atom. The number of carbonyl (C=O) groups is 1. The molecule has 0 heterocycles.